The first-order chi connectivity index (χ1) is 12.5. The zero-order chi connectivity index (χ0) is 17.9. The van der Waals surface area contributed by atoms with Gasteiger partial charge in [0, 0.05) is 43.9 Å². The Kier molecular flexibility index (Phi) is 2.93. The average Bonchev–Trinajstić information content (AvgIpc) is 3.05. The summed E-state index contributed by atoms with van der Waals surface area (Å²) in [6.07, 6.45) is 5.72. The SMILES string of the molecule is O=c1c(=O)n(C23CC(F)(C2)C3)ccn1Cc1cc(-c2ccccn2)no1. The molecule has 7 nitrogen and oxygen atoms in total. The van der Waals surface area contributed by atoms with Crippen LogP contribution in [-0.4, -0.2) is 24.9 Å². The summed E-state index contributed by atoms with van der Waals surface area (Å²) < 4.78 is 21.7. The molecule has 0 saturated heterocycles. The molecule has 3 aliphatic carbocycles. The number of nitrogens with zero attached hydrogens (tertiary/aromatic N) is 4. The Labute approximate surface area is 146 Å². The van der Waals surface area contributed by atoms with Crippen LogP contribution >= 0.6 is 0 Å². The maximum Gasteiger partial charge on any atom is 0.316 e. The molecule has 2 bridgehead atoms. The number of halogens is 1. The number of hydrogen-bond donors (Lipinski definition) is 0. The normalized spacial score (nSPS) is 26.2. The monoisotopic (exact) mass is 354 g/mol. The van der Waals surface area contributed by atoms with Gasteiger partial charge in [0.2, 0.25) is 0 Å². The second-order valence-electron chi connectivity index (χ2n) is 7.21. The van der Waals surface area contributed by atoms with Gasteiger partial charge in [-0.05, 0) is 12.1 Å². The van der Waals surface area contributed by atoms with Crippen molar-refractivity contribution >= 4 is 0 Å². The minimum Gasteiger partial charge on any atom is -0.359 e. The summed E-state index contributed by atoms with van der Waals surface area (Å²) in [7, 11) is 0. The molecule has 0 N–H and O–H groups in total. The maximum absolute atomic E-state index is 13.7. The Morgan fingerprint density at radius 1 is 1.12 bits per heavy atom. The van der Waals surface area contributed by atoms with E-state index in [1.807, 2.05) is 6.07 Å². The van der Waals surface area contributed by atoms with Crippen LogP contribution in [0.15, 0.2) is 57.0 Å². The van der Waals surface area contributed by atoms with Crippen molar-refractivity contribution in [3.63, 3.8) is 0 Å². The summed E-state index contributed by atoms with van der Waals surface area (Å²) in [5.41, 5.74) is -1.68. The van der Waals surface area contributed by atoms with E-state index in [2.05, 4.69) is 10.1 Å². The van der Waals surface area contributed by atoms with Gasteiger partial charge in [0.15, 0.2) is 5.76 Å². The molecule has 0 aliphatic heterocycles. The molecule has 3 saturated carbocycles. The molecule has 3 heterocycles. The predicted octanol–water partition coefficient (Wildman–Crippen LogP) is 1.71. The fourth-order valence-electron chi connectivity index (χ4n) is 4.07. The van der Waals surface area contributed by atoms with E-state index < -0.39 is 22.3 Å². The van der Waals surface area contributed by atoms with Crippen molar-refractivity contribution in [1.82, 2.24) is 19.3 Å². The molecule has 132 valence electrons. The van der Waals surface area contributed by atoms with Crippen LogP contribution in [-0.2, 0) is 12.1 Å². The average molecular weight is 354 g/mol. The molecule has 0 radical (unpaired) electrons. The summed E-state index contributed by atoms with van der Waals surface area (Å²) in [4.78, 5) is 29.0. The van der Waals surface area contributed by atoms with Crippen molar-refractivity contribution in [2.75, 3.05) is 0 Å². The van der Waals surface area contributed by atoms with Gasteiger partial charge in [0.1, 0.15) is 11.4 Å². The standard InChI is InChI=1S/C18H15FN4O3/c19-17-9-18(10-17,11-17)23-6-5-22(15(24)16(23)25)8-12-7-14(21-26-12)13-3-1-2-4-20-13/h1-7H,8-11H2. The number of hydrogen-bond acceptors (Lipinski definition) is 5. The lowest BCUT2D eigenvalue weighted by molar-refractivity contribution is -0.199. The quantitative estimate of drug-likeness (QED) is 0.666. The zero-order valence-electron chi connectivity index (χ0n) is 13.8. The van der Waals surface area contributed by atoms with Crippen molar-refractivity contribution in [2.24, 2.45) is 0 Å². The zero-order valence-corrected chi connectivity index (χ0v) is 13.8. The Balaban J connectivity index is 1.42. The molecule has 6 rings (SSSR count). The second-order valence-corrected chi connectivity index (χ2v) is 7.21. The third kappa shape index (κ3) is 2.11. The van der Waals surface area contributed by atoms with Crippen LogP contribution in [0, 0.1) is 0 Å². The molecule has 0 atom stereocenters. The summed E-state index contributed by atoms with van der Waals surface area (Å²) in [5.74, 6) is 0.443. The first kappa shape index (κ1) is 15.2. The number of rotatable bonds is 4. The van der Waals surface area contributed by atoms with E-state index in [-0.39, 0.29) is 6.54 Å². The number of aromatic nitrogens is 4. The Morgan fingerprint density at radius 2 is 1.92 bits per heavy atom. The van der Waals surface area contributed by atoms with E-state index >= 15 is 0 Å². The van der Waals surface area contributed by atoms with Gasteiger partial charge in [-0.2, -0.15) is 0 Å². The van der Waals surface area contributed by atoms with Crippen LogP contribution in [0.4, 0.5) is 4.39 Å². The van der Waals surface area contributed by atoms with Gasteiger partial charge in [0.05, 0.1) is 17.8 Å². The minimum atomic E-state index is -1.13. The molecule has 0 spiro atoms. The highest BCUT2D eigenvalue weighted by atomic mass is 19.1. The first-order valence-corrected chi connectivity index (χ1v) is 8.37. The van der Waals surface area contributed by atoms with Gasteiger partial charge in [-0.3, -0.25) is 14.6 Å². The number of pyridine rings is 1. The topological polar surface area (TPSA) is 82.9 Å². The van der Waals surface area contributed by atoms with Crippen LogP contribution < -0.4 is 11.1 Å². The van der Waals surface area contributed by atoms with Crippen LogP contribution in [0.25, 0.3) is 11.4 Å². The molecule has 3 aliphatic rings. The largest absolute Gasteiger partial charge is 0.359 e. The van der Waals surface area contributed by atoms with Gasteiger partial charge >= 0.3 is 11.1 Å². The van der Waals surface area contributed by atoms with Crippen molar-refractivity contribution in [1.29, 1.82) is 0 Å². The molecule has 3 aromatic heterocycles. The Hall–Kier alpha value is -3.03. The highest BCUT2D eigenvalue weighted by molar-refractivity contribution is 5.52. The van der Waals surface area contributed by atoms with Gasteiger partial charge in [0.25, 0.3) is 0 Å². The molecular formula is C18H15FN4O3. The molecule has 0 aromatic carbocycles. The van der Waals surface area contributed by atoms with Gasteiger partial charge in [-0.25, -0.2) is 4.39 Å². The second kappa shape index (κ2) is 5.00. The summed E-state index contributed by atoms with van der Waals surface area (Å²) in [5, 5.41) is 3.95. The summed E-state index contributed by atoms with van der Waals surface area (Å²) in [6, 6.07) is 7.13. The lowest BCUT2D eigenvalue weighted by atomic mass is 9.47. The summed E-state index contributed by atoms with van der Waals surface area (Å²) >= 11 is 0. The van der Waals surface area contributed by atoms with Crippen LogP contribution in [0.1, 0.15) is 25.0 Å². The van der Waals surface area contributed by atoms with E-state index in [0.717, 1.165) is 0 Å². The third-order valence-corrected chi connectivity index (χ3v) is 5.32. The lowest BCUT2D eigenvalue weighted by Crippen LogP contribution is -2.72. The van der Waals surface area contributed by atoms with Crippen LogP contribution in [0.3, 0.4) is 0 Å². The van der Waals surface area contributed by atoms with Gasteiger partial charge in [-0.15, -0.1) is 0 Å². The molecule has 0 unspecified atom stereocenters. The fourth-order valence-corrected chi connectivity index (χ4v) is 4.07. The fraction of sp³-hybridized carbons (Fsp3) is 0.333. The smallest absolute Gasteiger partial charge is 0.316 e. The van der Waals surface area contributed by atoms with Gasteiger partial charge in [-0.1, -0.05) is 11.2 Å². The van der Waals surface area contributed by atoms with Crippen molar-refractivity contribution in [3.05, 3.63) is 69.3 Å². The predicted molar refractivity (Wildman–Crippen MR) is 89.5 cm³/mol. The first-order valence-electron chi connectivity index (χ1n) is 8.37. The number of alkyl halides is 1. The molecular weight excluding hydrogens is 339 g/mol. The van der Waals surface area contributed by atoms with E-state index in [1.54, 1.807) is 30.6 Å². The molecule has 8 heteroatoms. The highest BCUT2D eigenvalue weighted by Crippen LogP contribution is 2.66. The van der Waals surface area contributed by atoms with E-state index in [1.165, 1.54) is 15.3 Å². The Morgan fingerprint density at radius 3 is 2.62 bits per heavy atom. The molecule has 3 aromatic rings. The van der Waals surface area contributed by atoms with Crippen molar-refractivity contribution in [2.45, 2.75) is 37.0 Å². The summed E-state index contributed by atoms with van der Waals surface area (Å²) in [6.45, 7) is 0.0921. The lowest BCUT2D eigenvalue weighted by Gasteiger charge is -2.65. The van der Waals surface area contributed by atoms with Crippen molar-refractivity contribution in [3.8, 4) is 11.4 Å². The Bertz CT molecular complexity index is 1100. The van der Waals surface area contributed by atoms with Gasteiger partial charge < -0.3 is 13.7 Å². The van der Waals surface area contributed by atoms with Crippen LogP contribution in [0.5, 0.6) is 0 Å². The maximum atomic E-state index is 13.7. The van der Waals surface area contributed by atoms with Crippen molar-refractivity contribution < 1.29 is 8.91 Å². The van der Waals surface area contributed by atoms with E-state index in [9.17, 15) is 14.0 Å². The van der Waals surface area contributed by atoms with Crippen LogP contribution in [0.2, 0.25) is 0 Å². The van der Waals surface area contributed by atoms with E-state index in [0.29, 0.717) is 36.4 Å². The molecule has 0 amide bonds. The minimum absolute atomic E-state index is 0.0921. The molecule has 26 heavy (non-hydrogen) atoms. The highest BCUT2D eigenvalue weighted by Gasteiger charge is 2.70. The third-order valence-electron chi connectivity index (χ3n) is 5.32. The van der Waals surface area contributed by atoms with E-state index in [4.69, 9.17) is 4.52 Å². The molecule has 3 fully saturated rings.